The second-order valence-corrected chi connectivity index (χ2v) is 6.69. The lowest BCUT2D eigenvalue weighted by Gasteiger charge is -2.16. The van der Waals surface area contributed by atoms with Gasteiger partial charge in [0.25, 0.3) is 0 Å². The zero-order valence-electron chi connectivity index (χ0n) is 14.9. The zero-order valence-corrected chi connectivity index (χ0v) is 14.9. The van der Waals surface area contributed by atoms with Crippen molar-refractivity contribution in [2.45, 2.75) is 26.4 Å². The maximum atomic E-state index is 6.44. The molecule has 25 heavy (non-hydrogen) atoms. The number of benzene rings is 3. The molecule has 0 N–H and O–H groups in total. The summed E-state index contributed by atoms with van der Waals surface area (Å²) in [6.45, 7) is 4.29. The zero-order chi connectivity index (χ0) is 17.4. The number of methoxy groups -OCH3 is 1. The van der Waals surface area contributed by atoms with E-state index in [1.165, 1.54) is 22.3 Å². The van der Waals surface area contributed by atoms with Crippen LogP contribution in [0.3, 0.4) is 0 Å². The Hall–Kier alpha value is -2.74. The summed E-state index contributed by atoms with van der Waals surface area (Å²) in [7, 11) is 1.69. The lowest BCUT2D eigenvalue weighted by Crippen LogP contribution is -2.05. The van der Waals surface area contributed by atoms with E-state index >= 15 is 0 Å². The van der Waals surface area contributed by atoms with Crippen LogP contribution in [0, 0.1) is 13.8 Å². The molecule has 1 unspecified atom stereocenters. The normalized spacial score (nSPS) is 15.6. The Labute approximate surface area is 149 Å². The van der Waals surface area contributed by atoms with Gasteiger partial charge in [0, 0.05) is 12.0 Å². The number of rotatable bonds is 3. The lowest BCUT2D eigenvalue weighted by molar-refractivity contribution is 0.238. The average Bonchev–Trinajstić information content (AvgIpc) is 3.08. The van der Waals surface area contributed by atoms with Gasteiger partial charge in [0.2, 0.25) is 0 Å². The fourth-order valence-electron chi connectivity index (χ4n) is 3.55. The van der Waals surface area contributed by atoms with Gasteiger partial charge in [0.05, 0.1) is 7.11 Å². The summed E-state index contributed by atoms with van der Waals surface area (Å²) in [5, 5.41) is 0. The molecule has 1 aliphatic heterocycles. The maximum absolute atomic E-state index is 6.44. The van der Waals surface area contributed by atoms with Crippen molar-refractivity contribution in [3.63, 3.8) is 0 Å². The van der Waals surface area contributed by atoms with Gasteiger partial charge < -0.3 is 9.47 Å². The van der Waals surface area contributed by atoms with Crippen LogP contribution in [0.4, 0.5) is 0 Å². The summed E-state index contributed by atoms with van der Waals surface area (Å²) in [4.78, 5) is 0. The molecule has 0 aromatic heterocycles. The Bertz CT molecular complexity index is 910. The first-order chi connectivity index (χ1) is 12.2. The Morgan fingerprint density at radius 3 is 2.52 bits per heavy atom. The van der Waals surface area contributed by atoms with Crippen LogP contribution in [-0.4, -0.2) is 7.11 Å². The summed E-state index contributed by atoms with van der Waals surface area (Å²) in [5.41, 5.74) is 7.42. The topological polar surface area (TPSA) is 18.5 Å². The Morgan fingerprint density at radius 1 is 0.960 bits per heavy atom. The Kier molecular flexibility index (Phi) is 3.96. The highest BCUT2D eigenvalue weighted by molar-refractivity contribution is 5.73. The predicted octanol–water partition coefficient (Wildman–Crippen LogP) is 5.66. The quantitative estimate of drug-likeness (QED) is 0.617. The molecule has 0 radical (unpaired) electrons. The molecule has 0 fully saturated rings. The number of fused-ring (bicyclic) bond motifs is 1. The van der Waals surface area contributed by atoms with Gasteiger partial charge in [-0.1, -0.05) is 54.1 Å². The summed E-state index contributed by atoms with van der Waals surface area (Å²) in [6, 6.07) is 21.2. The number of hydrogen-bond acceptors (Lipinski definition) is 2. The average molecular weight is 330 g/mol. The van der Waals surface area contributed by atoms with Gasteiger partial charge in [-0.3, -0.25) is 0 Å². The molecule has 1 atom stereocenters. The number of aryl methyl sites for hydroxylation is 2. The van der Waals surface area contributed by atoms with E-state index < -0.39 is 0 Å². The predicted molar refractivity (Wildman–Crippen MR) is 101 cm³/mol. The maximum Gasteiger partial charge on any atom is 0.131 e. The van der Waals surface area contributed by atoms with Crippen molar-refractivity contribution >= 4 is 0 Å². The summed E-state index contributed by atoms with van der Waals surface area (Å²) in [6.07, 6.45) is 1.01. The third-order valence-electron chi connectivity index (χ3n) is 4.94. The first kappa shape index (κ1) is 15.8. The molecule has 2 nitrogen and oxygen atoms in total. The lowest BCUT2D eigenvalue weighted by atomic mass is 9.96. The molecular weight excluding hydrogens is 308 g/mol. The third-order valence-corrected chi connectivity index (χ3v) is 4.94. The van der Waals surface area contributed by atoms with E-state index in [0.29, 0.717) is 0 Å². The fraction of sp³-hybridized carbons (Fsp3) is 0.217. The van der Waals surface area contributed by atoms with Crippen molar-refractivity contribution in [2.24, 2.45) is 0 Å². The van der Waals surface area contributed by atoms with Crippen molar-refractivity contribution in [1.82, 2.24) is 0 Å². The van der Waals surface area contributed by atoms with Crippen LogP contribution >= 0.6 is 0 Å². The summed E-state index contributed by atoms with van der Waals surface area (Å²) in [5.74, 6) is 1.88. The molecule has 0 aliphatic carbocycles. The minimum atomic E-state index is 0.0919. The van der Waals surface area contributed by atoms with E-state index in [1.54, 1.807) is 7.11 Å². The first-order valence-corrected chi connectivity index (χ1v) is 8.66. The van der Waals surface area contributed by atoms with Crippen LogP contribution in [0.25, 0.3) is 11.1 Å². The number of para-hydroxylation sites is 1. The van der Waals surface area contributed by atoms with Crippen LogP contribution in [-0.2, 0) is 6.42 Å². The van der Waals surface area contributed by atoms with E-state index in [1.807, 2.05) is 12.1 Å². The van der Waals surface area contributed by atoms with E-state index in [0.717, 1.165) is 29.0 Å². The van der Waals surface area contributed by atoms with Crippen molar-refractivity contribution in [1.29, 1.82) is 0 Å². The van der Waals surface area contributed by atoms with Crippen LogP contribution < -0.4 is 9.47 Å². The summed E-state index contributed by atoms with van der Waals surface area (Å²) >= 11 is 0. The van der Waals surface area contributed by atoms with E-state index in [-0.39, 0.29) is 6.10 Å². The van der Waals surface area contributed by atoms with Gasteiger partial charge in [0.1, 0.15) is 17.6 Å². The van der Waals surface area contributed by atoms with Crippen molar-refractivity contribution in [3.05, 3.63) is 82.9 Å². The molecule has 1 heterocycles. The van der Waals surface area contributed by atoms with Gasteiger partial charge in [-0.25, -0.2) is 0 Å². The van der Waals surface area contributed by atoms with E-state index in [4.69, 9.17) is 9.47 Å². The van der Waals surface area contributed by atoms with Gasteiger partial charge >= 0.3 is 0 Å². The molecule has 0 saturated heterocycles. The van der Waals surface area contributed by atoms with Crippen molar-refractivity contribution < 1.29 is 9.47 Å². The molecule has 0 bridgehead atoms. The van der Waals surface area contributed by atoms with Gasteiger partial charge in [-0.15, -0.1) is 0 Å². The van der Waals surface area contributed by atoms with Gasteiger partial charge in [0.15, 0.2) is 0 Å². The van der Waals surface area contributed by atoms with Crippen LogP contribution in [0.1, 0.15) is 28.4 Å². The van der Waals surface area contributed by atoms with Crippen LogP contribution in [0.5, 0.6) is 11.5 Å². The molecule has 0 saturated carbocycles. The minimum Gasteiger partial charge on any atom is -0.497 e. The second-order valence-electron chi connectivity index (χ2n) is 6.69. The molecule has 3 aromatic rings. The number of ether oxygens (including phenoxy) is 2. The molecule has 1 aliphatic rings. The Morgan fingerprint density at radius 2 is 1.76 bits per heavy atom. The third kappa shape index (κ3) is 2.89. The van der Waals surface area contributed by atoms with Crippen molar-refractivity contribution in [3.8, 4) is 22.6 Å². The second kappa shape index (κ2) is 6.29. The van der Waals surface area contributed by atoms with Crippen LogP contribution in [0.2, 0.25) is 0 Å². The minimum absolute atomic E-state index is 0.0919. The Balaban J connectivity index is 1.71. The smallest absolute Gasteiger partial charge is 0.131 e. The molecule has 126 valence electrons. The van der Waals surface area contributed by atoms with Crippen molar-refractivity contribution in [2.75, 3.05) is 7.11 Å². The molecule has 0 amide bonds. The fourth-order valence-corrected chi connectivity index (χ4v) is 3.55. The molecule has 3 aromatic carbocycles. The monoisotopic (exact) mass is 330 g/mol. The molecule has 2 heteroatoms. The highest BCUT2D eigenvalue weighted by Crippen LogP contribution is 2.44. The van der Waals surface area contributed by atoms with Crippen LogP contribution in [0.15, 0.2) is 60.7 Å². The SMILES string of the molecule is COc1ccc(-c2cccc3c2OC(c2cc(C)ccc2C)C3)cc1. The number of hydrogen-bond donors (Lipinski definition) is 0. The highest BCUT2D eigenvalue weighted by atomic mass is 16.5. The largest absolute Gasteiger partial charge is 0.497 e. The molecular formula is C23H22O2. The first-order valence-electron chi connectivity index (χ1n) is 8.66. The molecule has 4 rings (SSSR count). The highest BCUT2D eigenvalue weighted by Gasteiger charge is 2.28. The van der Waals surface area contributed by atoms with E-state index in [9.17, 15) is 0 Å². The summed E-state index contributed by atoms with van der Waals surface area (Å²) < 4.78 is 11.7. The molecule has 0 spiro atoms. The standard InChI is InChI=1S/C23H22O2/c1-15-7-8-16(2)21(13-15)22-14-18-5-4-6-20(23(18)25-22)17-9-11-19(24-3)12-10-17/h4-13,22H,14H2,1-3H3. The van der Waals surface area contributed by atoms with Gasteiger partial charge in [-0.2, -0.15) is 0 Å². The van der Waals surface area contributed by atoms with E-state index in [2.05, 4.69) is 62.4 Å². The van der Waals surface area contributed by atoms with Gasteiger partial charge in [-0.05, 0) is 48.2 Å².